The Morgan fingerprint density at radius 3 is 2.79 bits per heavy atom. The van der Waals surface area contributed by atoms with Gasteiger partial charge >= 0.3 is 0 Å². The van der Waals surface area contributed by atoms with E-state index in [1.54, 1.807) is 29.9 Å². The third-order valence-electron chi connectivity index (χ3n) is 4.66. The molecule has 0 amide bonds. The lowest BCUT2D eigenvalue weighted by Gasteiger charge is -2.29. The van der Waals surface area contributed by atoms with E-state index >= 15 is 0 Å². The second-order valence-electron chi connectivity index (χ2n) is 6.56. The summed E-state index contributed by atoms with van der Waals surface area (Å²) in [5.74, 6) is 1.64. The first-order valence-electron chi connectivity index (χ1n) is 9.32. The van der Waals surface area contributed by atoms with E-state index in [9.17, 15) is 0 Å². The van der Waals surface area contributed by atoms with Gasteiger partial charge in [-0.2, -0.15) is 26.1 Å². The average Bonchev–Trinajstić information content (AvgIpc) is 3.44. The molecule has 0 spiro atoms. The normalized spacial score (nSPS) is 14.7. The minimum Gasteiger partial charge on any atom is -0.378 e. The summed E-state index contributed by atoms with van der Waals surface area (Å²) in [6.07, 6.45) is 5.32. The second kappa shape index (κ2) is 7.98. The molecule has 0 radical (unpaired) electrons. The Bertz CT molecular complexity index is 1120. The van der Waals surface area contributed by atoms with Crippen molar-refractivity contribution in [2.45, 2.75) is 0 Å². The molecule has 0 unspecified atom stereocenters. The smallest absolute Gasteiger partial charge is 0.160 e. The number of ether oxygens (including phenoxy) is 1. The van der Waals surface area contributed by atoms with Crippen LogP contribution >= 0.6 is 11.3 Å². The van der Waals surface area contributed by atoms with E-state index in [0.717, 1.165) is 41.4 Å². The highest BCUT2D eigenvalue weighted by molar-refractivity contribution is 7.08. The predicted molar refractivity (Wildman–Crippen MR) is 115 cm³/mol. The Labute approximate surface area is 171 Å². The summed E-state index contributed by atoms with van der Waals surface area (Å²) in [4.78, 5) is 11.0. The number of thiophene rings is 1. The molecule has 0 aliphatic carbocycles. The van der Waals surface area contributed by atoms with Crippen molar-refractivity contribution in [2.75, 3.05) is 36.6 Å². The highest BCUT2D eigenvalue weighted by atomic mass is 32.1. The molecule has 0 bridgehead atoms. The highest BCUT2D eigenvalue weighted by Crippen LogP contribution is 2.25. The minimum absolute atomic E-state index is 0.673. The van der Waals surface area contributed by atoms with E-state index in [0.29, 0.717) is 19.0 Å². The van der Waals surface area contributed by atoms with Crippen molar-refractivity contribution in [3.63, 3.8) is 0 Å². The summed E-state index contributed by atoms with van der Waals surface area (Å²) in [6.45, 7) is 3.01. The molecule has 0 atom stereocenters. The van der Waals surface area contributed by atoms with Crippen LogP contribution in [0.25, 0.3) is 16.9 Å². The van der Waals surface area contributed by atoms with Gasteiger partial charge in [0.25, 0.3) is 0 Å². The zero-order valence-corrected chi connectivity index (χ0v) is 16.4. The number of morpholine rings is 1. The van der Waals surface area contributed by atoms with E-state index in [1.165, 1.54) is 0 Å². The van der Waals surface area contributed by atoms with Crippen LogP contribution in [0.5, 0.6) is 0 Å². The summed E-state index contributed by atoms with van der Waals surface area (Å²) >= 11 is 1.64. The van der Waals surface area contributed by atoms with Crippen LogP contribution in [0.15, 0.2) is 58.6 Å². The van der Waals surface area contributed by atoms with Gasteiger partial charge in [0.15, 0.2) is 11.5 Å². The molecule has 4 aromatic heterocycles. The topological polar surface area (TPSA) is 79.9 Å². The van der Waals surface area contributed by atoms with Gasteiger partial charge in [-0.25, -0.2) is 4.98 Å². The molecule has 1 aliphatic rings. The van der Waals surface area contributed by atoms with Crippen molar-refractivity contribution in [2.24, 2.45) is 5.10 Å². The summed E-state index contributed by atoms with van der Waals surface area (Å²) in [5, 5.41) is 13.2. The van der Waals surface area contributed by atoms with E-state index < -0.39 is 0 Å². The molecule has 1 fully saturated rings. The number of hydrogen-bond acceptors (Lipinski definition) is 8. The number of rotatable bonds is 5. The van der Waals surface area contributed by atoms with Crippen LogP contribution in [0.1, 0.15) is 5.56 Å². The number of nitrogens with zero attached hydrogens (tertiary/aromatic N) is 6. The molecule has 5 rings (SSSR count). The lowest BCUT2D eigenvalue weighted by atomic mass is 10.2. The largest absolute Gasteiger partial charge is 0.378 e. The van der Waals surface area contributed by atoms with Gasteiger partial charge in [0.05, 0.1) is 25.1 Å². The lowest BCUT2D eigenvalue weighted by Crippen LogP contribution is -2.37. The highest BCUT2D eigenvalue weighted by Gasteiger charge is 2.18. The average molecular weight is 405 g/mol. The first-order valence-corrected chi connectivity index (χ1v) is 10.3. The van der Waals surface area contributed by atoms with Gasteiger partial charge in [0.1, 0.15) is 5.82 Å². The molecule has 5 heterocycles. The van der Waals surface area contributed by atoms with Crippen LogP contribution in [0.2, 0.25) is 0 Å². The maximum absolute atomic E-state index is 5.51. The summed E-state index contributed by atoms with van der Waals surface area (Å²) < 4.78 is 7.40. The van der Waals surface area contributed by atoms with E-state index in [-0.39, 0.29) is 0 Å². The van der Waals surface area contributed by atoms with Crippen molar-refractivity contribution < 1.29 is 4.74 Å². The molecule has 9 heteroatoms. The molecule has 4 aromatic rings. The van der Waals surface area contributed by atoms with Crippen molar-refractivity contribution >= 4 is 34.8 Å². The van der Waals surface area contributed by atoms with Crippen LogP contribution in [0.3, 0.4) is 0 Å². The molecule has 146 valence electrons. The Balaban J connectivity index is 1.53. The first-order chi connectivity index (χ1) is 14.4. The number of pyridine rings is 1. The van der Waals surface area contributed by atoms with Gasteiger partial charge in [-0.3, -0.25) is 10.4 Å². The molecular weight excluding hydrogens is 386 g/mol. The third-order valence-corrected chi connectivity index (χ3v) is 5.36. The molecule has 1 aliphatic heterocycles. The van der Waals surface area contributed by atoms with Gasteiger partial charge in [-0.1, -0.05) is 0 Å². The second-order valence-corrected chi connectivity index (χ2v) is 7.34. The van der Waals surface area contributed by atoms with Crippen molar-refractivity contribution in [3.8, 4) is 11.3 Å². The number of hydrogen-bond donors (Lipinski definition) is 1. The molecule has 29 heavy (non-hydrogen) atoms. The van der Waals surface area contributed by atoms with Crippen molar-refractivity contribution in [1.29, 1.82) is 0 Å². The Hall–Kier alpha value is -3.30. The molecule has 1 saturated heterocycles. The van der Waals surface area contributed by atoms with Crippen molar-refractivity contribution in [3.05, 3.63) is 59.0 Å². The maximum atomic E-state index is 5.51. The lowest BCUT2D eigenvalue weighted by molar-refractivity contribution is 0.122. The van der Waals surface area contributed by atoms with Gasteiger partial charge in [-0.05, 0) is 29.0 Å². The summed E-state index contributed by atoms with van der Waals surface area (Å²) in [5.41, 5.74) is 6.73. The minimum atomic E-state index is 0.673. The van der Waals surface area contributed by atoms with Gasteiger partial charge in [0, 0.05) is 48.7 Å². The Morgan fingerprint density at radius 1 is 1.14 bits per heavy atom. The summed E-state index contributed by atoms with van der Waals surface area (Å²) in [6, 6.07) is 9.87. The van der Waals surface area contributed by atoms with E-state index in [1.807, 2.05) is 45.6 Å². The summed E-state index contributed by atoms with van der Waals surface area (Å²) in [7, 11) is 0. The quantitative estimate of drug-likeness (QED) is 0.406. The fourth-order valence-electron chi connectivity index (χ4n) is 3.22. The zero-order chi connectivity index (χ0) is 19.5. The number of fused-ring (bicyclic) bond motifs is 1. The van der Waals surface area contributed by atoms with E-state index in [4.69, 9.17) is 14.8 Å². The van der Waals surface area contributed by atoms with E-state index in [2.05, 4.69) is 20.4 Å². The van der Waals surface area contributed by atoms with Crippen LogP contribution in [-0.4, -0.2) is 52.1 Å². The van der Waals surface area contributed by atoms with Gasteiger partial charge in [0.2, 0.25) is 0 Å². The van der Waals surface area contributed by atoms with Crippen LogP contribution in [0, 0.1) is 0 Å². The number of nitrogens with one attached hydrogen (secondary N) is 1. The van der Waals surface area contributed by atoms with Gasteiger partial charge in [-0.15, -0.1) is 0 Å². The maximum Gasteiger partial charge on any atom is 0.160 e. The fourth-order valence-corrected chi connectivity index (χ4v) is 3.83. The van der Waals surface area contributed by atoms with Crippen LogP contribution < -0.4 is 10.3 Å². The Morgan fingerprint density at radius 2 is 2.00 bits per heavy atom. The molecule has 1 N–H and O–H groups in total. The fraction of sp³-hybridized carbons (Fsp3) is 0.200. The SMILES string of the molecule is C(=N\Nc1cc(N2CCOCC2)n2nc(-c3ccncc3)cc2n1)/c1ccsc1. The standard InChI is InChI=1S/C20H19N7OS/c1-4-21-5-2-16(1)17-11-19-23-18(24-22-13-15-3-10-29-14-15)12-20(27(19)25-17)26-6-8-28-9-7-26/h1-5,10-14H,6-9H2,(H,23,24)/b22-13+. The molecule has 0 aromatic carbocycles. The molecular formula is C20H19N7OS. The monoisotopic (exact) mass is 405 g/mol. The third kappa shape index (κ3) is 3.82. The number of aromatic nitrogens is 4. The Kier molecular flexibility index (Phi) is 4.89. The first kappa shape index (κ1) is 17.8. The van der Waals surface area contributed by atoms with Crippen molar-refractivity contribution in [1.82, 2.24) is 19.6 Å². The van der Waals surface area contributed by atoms with Crippen LogP contribution in [-0.2, 0) is 4.74 Å². The molecule has 8 nitrogen and oxygen atoms in total. The number of anilines is 2. The zero-order valence-electron chi connectivity index (χ0n) is 15.6. The molecule has 0 saturated carbocycles. The predicted octanol–water partition coefficient (Wildman–Crippen LogP) is 3.14. The van der Waals surface area contributed by atoms with Crippen LogP contribution in [0.4, 0.5) is 11.6 Å². The van der Waals surface area contributed by atoms with Gasteiger partial charge < -0.3 is 9.64 Å². The number of hydrazone groups is 1.